The fraction of sp³-hybridized carbons (Fsp3) is 0.393. The SMILES string of the molecule is CCOC(=O)CNc1c(-c2ccc(C#N)cc2)nc2cc(C(=O)NC(CC(=O)O)C3CCCCC3)ccn12. The van der Waals surface area contributed by atoms with Crippen LogP contribution in [-0.2, 0) is 14.3 Å². The van der Waals surface area contributed by atoms with Gasteiger partial charge >= 0.3 is 11.9 Å². The van der Waals surface area contributed by atoms with Crippen LogP contribution in [0.25, 0.3) is 16.9 Å². The highest BCUT2D eigenvalue weighted by Gasteiger charge is 2.28. The molecule has 4 rings (SSSR count). The van der Waals surface area contributed by atoms with E-state index in [0.29, 0.717) is 28.3 Å². The Balaban J connectivity index is 1.64. The molecule has 2 aromatic heterocycles. The number of imidazole rings is 1. The predicted octanol–water partition coefficient (Wildman–Crippen LogP) is 4.00. The van der Waals surface area contributed by atoms with E-state index in [1.807, 2.05) is 0 Å². The minimum Gasteiger partial charge on any atom is -0.481 e. The lowest BCUT2D eigenvalue weighted by Crippen LogP contribution is -2.42. The molecule has 1 fully saturated rings. The quantitative estimate of drug-likeness (QED) is 0.342. The van der Waals surface area contributed by atoms with Gasteiger partial charge in [0.25, 0.3) is 5.91 Å². The van der Waals surface area contributed by atoms with Crippen LogP contribution in [0.5, 0.6) is 0 Å². The van der Waals surface area contributed by atoms with Crippen molar-refractivity contribution in [2.75, 3.05) is 18.5 Å². The topological polar surface area (TPSA) is 146 Å². The lowest BCUT2D eigenvalue weighted by atomic mass is 9.82. The third-order valence-corrected chi connectivity index (χ3v) is 6.81. The average Bonchev–Trinajstić information content (AvgIpc) is 3.29. The molecule has 1 aliphatic carbocycles. The van der Waals surface area contributed by atoms with Crippen molar-refractivity contribution >= 4 is 29.3 Å². The molecule has 1 atom stereocenters. The number of nitrogens with one attached hydrogen (secondary N) is 2. The highest BCUT2D eigenvalue weighted by Crippen LogP contribution is 2.30. The smallest absolute Gasteiger partial charge is 0.325 e. The lowest BCUT2D eigenvalue weighted by Gasteiger charge is -2.30. The van der Waals surface area contributed by atoms with Crippen LogP contribution in [0.3, 0.4) is 0 Å². The van der Waals surface area contributed by atoms with Gasteiger partial charge in [0.05, 0.1) is 24.7 Å². The maximum Gasteiger partial charge on any atom is 0.325 e. The number of carbonyl (C=O) groups is 3. The number of nitrogens with zero attached hydrogens (tertiary/aromatic N) is 3. The van der Waals surface area contributed by atoms with E-state index in [9.17, 15) is 19.5 Å². The number of hydrogen-bond donors (Lipinski definition) is 3. The van der Waals surface area contributed by atoms with Crippen LogP contribution in [-0.4, -0.2) is 51.5 Å². The molecule has 0 aliphatic heterocycles. The molecule has 1 unspecified atom stereocenters. The standard InChI is InChI=1S/C28H31N5O5/c1-2-38-25(36)17-30-27-26(20-10-8-18(16-29)9-11-20)32-23-14-21(12-13-33(23)27)28(37)31-22(15-24(34)35)19-6-4-3-5-7-19/h8-14,19,22,30H,2-7,15,17H2,1H3,(H,31,37)(H,34,35). The van der Waals surface area contributed by atoms with Gasteiger partial charge in [0.1, 0.15) is 23.7 Å². The number of aliphatic carboxylic acids is 1. The van der Waals surface area contributed by atoms with Crippen LogP contribution >= 0.6 is 0 Å². The van der Waals surface area contributed by atoms with Crippen LogP contribution in [0.2, 0.25) is 0 Å². The maximum atomic E-state index is 13.2. The largest absolute Gasteiger partial charge is 0.481 e. The Morgan fingerprint density at radius 3 is 2.58 bits per heavy atom. The van der Waals surface area contributed by atoms with Gasteiger partial charge in [0.15, 0.2) is 0 Å². The van der Waals surface area contributed by atoms with Gasteiger partial charge in [-0.15, -0.1) is 0 Å². The number of benzene rings is 1. The number of carboxylic acid groups (broad SMARTS) is 1. The molecule has 1 aromatic carbocycles. The lowest BCUT2D eigenvalue weighted by molar-refractivity contribution is -0.141. The van der Waals surface area contributed by atoms with Crippen LogP contribution in [0.15, 0.2) is 42.6 Å². The molecule has 1 aliphatic rings. The summed E-state index contributed by atoms with van der Waals surface area (Å²) < 4.78 is 6.77. The summed E-state index contributed by atoms with van der Waals surface area (Å²) in [7, 11) is 0. The Labute approximate surface area is 220 Å². The Morgan fingerprint density at radius 2 is 1.92 bits per heavy atom. The minimum atomic E-state index is -0.936. The van der Waals surface area contributed by atoms with Gasteiger partial charge in [0, 0.05) is 23.4 Å². The van der Waals surface area contributed by atoms with Gasteiger partial charge in [-0.25, -0.2) is 4.98 Å². The van der Waals surface area contributed by atoms with Crippen molar-refractivity contribution < 1.29 is 24.2 Å². The van der Waals surface area contributed by atoms with E-state index in [4.69, 9.17) is 15.0 Å². The van der Waals surface area contributed by atoms with Crippen molar-refractivity contribution in [2.24, 2.45) is 5.92 Å². The monoisotopic (exact) mass is 517 g/mol. The number of pyridine rings is 1. The number of fused-ring (bicyclic) bond motifs is 1. The first-order chi connectivity index (χ1) is 18.4. The van der Waals surface area contributed by atoms with E-state index in [0.717, 1.165) is 37.7 Å². The average molecular weight is 518 g/mol. The Hall–Kier alpha value is -4.39. The Bertz CT molecular complexity index is 1350. The molecule has 0 spiro atoms. The number of nitriles is 1. The first-order valence-electron chi connectivity index (χ1n) is 12.8. The second kappa shape index (κ2) is 12.2. The zero-order valence-corrected chi connectivity index (χ0v) is 21.3. The van der Waals surface area contributed by atoms with Crippen LogP contribution in [0, 0.1) is 17.2 Å². The number of rotatable bonds is 10. The summed E-state index contributed by atoms with van der Waals surface area (Å²) in [6, 6.07) is 11.8. The highest BCUT2D eigenvalue weighted by atomic mass is 16.5. The van der Waals surface area contributed by atoms with Crippen molar-refractivity contribution in [3.05, 3.63) is 53.7 Å². The summed E-state index contributed by atoms with van der Waals surface area (Å²) in [6.45, 7) is 1.92. The normalized spacial score (nSPS) is 14.4. The van der Waals surface area contributed by atoms with Crippen LogP contribution < -0.4 is 10.6 Å². The van der Waals surface area contributed by atoms with Crippen molar-refractivity contribution in [1.82, 2.24) is 14.7 Å². The number of carboxylic acids is 1. The summed E-state index contributed by atoms with van der Waals surface area (Å²) in [5.41, 5.74) is 2.60. The number of carbonyl (C=O) groups excluding carboxylic acids is 2. The first kappa shape index (κ1) is 26.7. The van der Waals surface area contributed by atoms with Gasteiger partial charge in [-0.2, -0.15) is 5.26 Å². The second-order valence-corrected chi connectivity index (χ2v) is 9.38. The molecule has 1 amide bonds. The Kier molecular flexibility index (Phi) is 8.58. The van der Waals surface area contributed by atoms with Gasteiger partial charge in [0.2, 0.25) is 0 Å². The first-order valence-corrected chi connectivity index (χ1v) is 12.8. The fourth-order valence-corrected chi connectivity index (χ4v) is 4.94. The molecule has 3 aromatic rings. The molecule has 1 saturated carbocycles. The number of aromatic nitrogens is 2. The zero-order chi connectivity index (χ0) is 27.1. The van der Waals surface area contributed by atoms with Gasteiger partial charge < -0.3 is 20.5 Å². The maximum absolute atomic E-state index is 13.2. The van der Waals surface area contributed by atoms with Crippen molar-refractivity contribution in [3.8, 4) is 17.3 Å². The molecular formula is C28H31N5O5. The summed E-state index contributed by atoms with van der Waals surface area (Å²) >= 11 is 0. The number of anilines is 1. The van der Waals surface area contributed by atoms with E-state index < -0.39 is 18.0 Å². The third kappa shape index (κ3) is 6.29. The molecule has 0 saturated heterocycles. The zero-order valence-electron chi connectivity index (χ0n) is 21.3. The Morgan fingerprint density at radius 1 is 1.18 bits per heavy atom. The number of esters is 1. The highest BCUT2D eigenvalue weighted by molar-refractivity contribution is 5.96. The molecular weight excluding hydrogens is 486 g/mol. The molecule has 2 heterocycles. The molecule has 3 N–H and O–H groups in total. The summed E-state index contributed by atoms with van der Waals surface area (Å²) in [5, 5.41) is 24.6. The van der Waals surface area contributed by atoms with Gasteiger partial charge in [-0.05, 0) is 49.9 Å². The van der Waals surface area contributed by atoms with E-state index in [1.165, 1.54) is 0 Å². The van der Waals surface area contributed by atoms with E-state index >= 15 is 0 Å². The second-order valence-electron chi connectivity index (χ2n) is 9.38. The van der Waals surface area contributed by atoms with Crippen molar-refractivity contribution in [3.63, 3.8) is 0 Å². The van der Waals surface area contributed by atoms with Crippen molar-refractivity contribution in [2.45, 2.75) is 51.5 Å². The number of ether oxygens (including phenoxy) is 1. The van der Waals surface area contributed by atoms with E-state index in [1.54, 1.807) is 53.9 Å². The molecule has 0 bridgehead atoms. The van der Waals surface area contributed by atoms with E-state index in [-0.39, 0.29) is 31.4 Å². The number of amides is 1. The molecule has 38 heavy (non-hydrogen) atoms. The van der Waals surface area contributed by atoms with Crippen LogP contribution in [0.1, 0.15) is 61.4 Å². The predicted molar refractivity (Wildman–Crippen MR) is 141 cm³/mol. The fourth-order valence-electron chi connectivity index (χ4n) is 4.94. The minimum absolute atomic E-state index is 0.0780. The summed E-state index contributed by atoms with van der Waals surface area (Å²) in [6.07, 6.45) is 6.58. The summed E-state index contributed by atoms with van der Waals surface area (Å²) in [4.78, 5) is 41.4. The summed E-state index contributed by atoms with van der Waals surface area (Å²) in [5.74, 6) is -1.03. The van der Waals surface area contributed by atoms with Crippen LogP contribution in [0.4, 0.5) is 5.82 Å². The number of hydrogen-bond acceptors (Lipinski definition) is 7. The third-order valence-electron chi connectivity index (χ3n) is 6.81. The van der Waals surface area contributed by atoms with Gasteiger partial charge in [-0.3, -0.25) is 18.8 Å². The van der Waals surface area contributed by atoms with Crippen molar-refractivity contribution in [1.29, 1.82) is 5.26 Å². The molecule has 0 radical (unpaired) electrons. The van der Waals surface area contributed by atoms with E-state index in [2.05, 4.69) is 16.7 Å². The molecule has 198 valence electrons. The van der Waals surface area contributed by atoms with Gasteiger partial charge in [-0.1, -0.05) is 31.4 Å². The molecule has 10 heteroatoms. The molecule has 10 nitrogen and oxygen atoms in total.